The van der Waals surface area contributed by atoms with E-state index in [1.165, 1.54) is 0 Å². The van der Waals surface area contributed by atoms with E-state index in [-0.39, 0.29) is 16.5 Å². The van der Waals surface area contributed by atoms with Crippen molar-refractivity contribution in [1.82, 2.24) is 9.13 Å². The zero-order chi connectivity index (χ0) is 26.4. The summed E-state index contributed by atoms with van der Waals surface area (Å²) in [7, 11) is 1.65. The third kappa shape index (κ3) is 4.21. The fourth-order valence-electron chi connectivity index (χ4n) is 5.33. The van der Waals surface area contributed by atoms with Crippen molar-refractivity contribution in [1.29, 1.82) is 0 Å². The third-order valence-corrected chi connectivity index (χ3v) is 8.18. The van der Waals surface area contributed by atoms with Gasteiger partial charge in [0.1, 0.15) is 11.9 Å². The number of fused-ring (bicyclic) bond motifs is 1. The Balaban J connectivity index is 1.31. The molecule has 0 radical (unpaired) electrons. The van der Waals surface area contributed by atoms with Gasteiger partial charge in [-0.05, 0) is 47.0 Å². The van der Waals surface area contributed by atoms with E-state index < -0.39 is 12.0 Å². The van der Waals surface area contributed by atoms with E-state index >= 15 is 0 Å². The fourth-order valence-corrected chi connectivity index (χ4v) is 6.01. The number of hydrogen-bond acceptors (Lipinski definition) is 4. The average Bonchev–Trinajstić information content (AvgIpc) is 3.21. The molecule has 7 heteroatoms. The van der Waals surface area contributed by atoms with E-state index in [2.05, 4.69) is 15.9 Å². The number of carbonyl (C=O) groups excluding carboxylic acids is 1. The van der Waals surface area contributed by atoms with Gasteiger partial charge in [-0.15, -0.1) is 0 Å². The number of methoxy groups -OCH3 is 1. The van der Waals surface area contributed by atoms with E-state index in [4.69, 9.17) is 9.47 Å². The van der Waals surface area contributed by atoms with E-state index in [0.29, 0.717) is 13.1 Å². The first-order valence-corrected chi connectivity index (χ1v) is 13.5. The molecule has 0 unspecified atom stereocenters. The van der Waals surface area contributed by atoms with E-state index in [1.54, 1.807) is 16.2 Å². The van der Waals surface area contributed by atoms with Crippen molar-refractivity contribution >= 4 is 43.7 Å². The van der Waals surface area contributed by atoms with Gasteiger partial charge in [-0.2, -0.15) is 0 Å². The number of ether oxygens (including phenoxy) is 2. The molecule has 0 amide bonds. The smallest absolute Gasteiger partial charge is 0.329 e. The average molecular weight is 571 g/mol. The van der Waals surface area contributed by atoms with Crippen LogP contribution in [-0.2, 0) is 22.6 Å². The SMILES string of the molecule is COc1ccc2cc([C@@H](C)C(=O)O[C@@H]3c4cccc5c4n(c(=O)n5Cc4ccccc4)C[C@H]3Br)ccc2c1. The molecular formula is C31H27BrN2O4. The minimum absolute atomic E-state index is 0.0632. The monoisotopic (exact) mass is 570 g/mol. The van der Waals surface area contributed by atoms with Crippen LogP contribution in [0.25, 0.3) is 21.8 Å². The fraction of sp³-hybridized carbons (Fsp3) is 0.226. The highest BCUT2D eigenvalue weighted by Gasteiger charge is 2.35. The summed E-state index contributed by atoms with van der Waals surface area (Å²) >= 11 is 3.72. The summed E-state index contributed by atoms with van der Waals surface area (Å²) in [5.74, 6) is 0.0413. The van der Waals surface area contributed by atoms with Crippen LogP contribution in [0.1, 0.15) is 35.6 Å². The van der Waals surface area contributed by atoms with Gasteiger partial charge >= 0.3 is 11.7 Å². The molecular weight excluding hydrogens is 544 g/mol. The molecule has 0 fully saturated rings. The molecule has 6 rings (SSSR count). The molecule has 192 valence electrons. The Morgan fingerprint density at radius 2 is 1.76 bits per heavy atom. The van der Waals surface area contributed by atoms with Crippen LogP contribution >= 0.6 is 15.9 Å². The lowest BCUT2D eigenvalue weighted by Crippen LogP contribution is -2.34. The highest BCUT2D eigenvalue weighted by Crippen LogP contribution is 2.38. The molecule has 4 aromatic carbocycles. The maximum absolute atomic E-state index is 13.4. The van der Waals surface area contributed by atoms with Crippen molar-refractivity contribution in [3.05, 3.63) is 112 Å². The van der Waals surface area contributed by atoms with Crippen molar-refractivity contribution in [2.45, 2.75) is 36.9 Å². The number of rotatable bonds is 6. The molecule has 0 spiro atoms. The van der Waals surface area contributed by atoms with Gasteiger partial charge in [0.2, 0.25) is 0 Å². The predicted molar refractivity (Wildman–Crippen MR) is 152 cm³/mol. The number of carbonyl (C=O) groups is 1. The van der Waals surface area contributed by atoms with Crippen LogP contribution in [-0.4, -0.2) is 27.0 Å². The molecule has 6 nitrogen and oxygen atoms in total. The minimum atomic E-state index is -0.509. The summed E-state index contributed by atoms with van der Waals surface area (Å²) in [5, 5.41) is 2.08. The topological polar surface area (TPSA) is 62.5 Å². The Kier molecular flexibility index (Phi) is 6.32. The number of alkyl halides is 1. The number of esters is 1. The summed E-state index contributed by atoms with van der Waals surface area (Å²) in [6.07, 6.45) is -0.509. The second-order valence-corrected chi connectivity index (χ2v) is 10.9. The van der Waals surface area contributed by atoms with Gasteiger partial charge in [0.05, 0.1) is 35.4 Å². The van der Waals surface area contributed by atoms with E-state index in [0.717, 1.165) is 44.2 Å². The Morgan fingerprint density at radius 1 is 1.00 bits per heavy atom. The maximum Gasteiger partial charge on any atom is 0.329 e. The first-order chi connectivity index (χ1) is 18.4. The molecule has 0 bridgehead atoms. The lowest BCUT2D eigenvalue weighted by Gasteiger charge is -2.29. The van der Waals surface area contributed by atoms with Crippen molar-refractivity contribution < 1.29 is 14.3 Å². The summed E-state index contributed by atoms with van der Waals surface area (Å²) in [6.45, 7) is 2.76. The second kappa shape index (κ2) is 9.80. The number of para-hydroxylation sites is 1. The molecule has 0 aliphatic carbocycles. The Labute approximate surface area is 228 Å². The van der Waals surface area contributed by atoms with Crippen molar-refractivity contribution in [2.75, 3.05) is 7.11 Å². The Hall–Kier alpha value is -3.84. The summed E-state index contributed by atoms with van der Waals surface area (Å²) in [5.41, 5.74) is 4.39. The molecule has 0 saturated heterocycles. The first-order valence-electron chi connectivity index (χ1n) is 12.6. The van der Waals surface area contributed by atoms with E-state index in [1.807, 2.05) is 91.9 Å². The largest absolute Gasteiger partial charge is 0.497 e. The van der Waals surface area contributed by atoms with Crippen LogP contribution in [0, 0.1) is 0 Å². The molecule has 1 aliphatic heterocycles. The van der Waals surface area contributed by atoms with Gasteiger partial charge in [0, 0.05) is 12.1 Å². The highest BCUT2D eigenvalue weighted by molar-refractivity contribution is 9.09. The molecule has 5 aromatic rings. The Bertz CT molecular complexity index is 1720. The van der Waals surface area contributed by atoms with Gasteiger partial charge in [-0.1, -0.05) is 82.7 Å². The zero-order valence-electron chi connectivity index (χ0n) is 21.1. The standard InChI is InChI=1S/C31H27BrN2O4/c1-19(21-11-12-23-16-24(37-2)14-13-22(23)15-21)30(35)38-29-25-9-6-10-27-28(25)34(18-26(29)32)31(36)33(27)17-20-7-4-3-5-8-20/h3-16,19,26,29H,17-18H2,1-2H3/t19-,26-,29-/m1/s1. The van der Waals surface area contributed by atoms with E-state index in [9.17, 15) is 9.59 Å². The molecule has 2 heterocycles. The lowest BCUT2D eigenvalue weighted by atomic mass is 9.97. The number of halogens is 1. The van der Waals surface area contributed by atoms with Crippen LogP contribution < -0.4 is 10.4 Å². The van der Waals surface area contributed by atoms with Crippen molar-refractivity contribution in [3.63, 3.8) is 0 Å². The van der Waals surface area contributed by atoms with Gasteiger partial charge in [-0.25, -0.2) is 4.79 Å². The van der Waals surface area contributed by atoms with Crippen LogP contribution in [0.3, 0.4) is 0 Å². The van der Waals surface area contributed by atoms with Gasteiger partial charge < -0.3 is 9.47 Å². The van der Waals surface area contributed by atoms with Crippen LogP contribution in [0.5, 0.6) is 5.75 Å². The number of imidazole rings is 1. The molecule has 38 heavy (non-hydrogen) atoms. The van der Waals surface area contributed by atoms with Gasteiger partial charge in [-0.3, -0.25) is 13.9 Å². The molecule has 1 aliphatic rings. The van der Waals surface area contributed by atoms with Crippen LogP contribution in [0.15, 0.2) is 89.7 Å². The minimum Gasteiger partial charge on any atom is -0.497 e. The van der Waals surface area contributed by atoms with Crippen molar-refractivity contribution in [2.24, 2.45) is 0 Å². The summed E-state index contributed by atoms with van der Waals surface area (Å²) < 4.78 is 15.1. The Morgan fingerprint density at radius 3 is 2.55 bits per heavy atom. The van der Waals surface area contributed by atoms with Crippen LogP contribution in [0.2, 0.25) is 0 Å². The summed E-state index contributed by atoms with van der Waals surface area (Å²) in [4.78, 5) is 26.6. The van der Waals surface area contributed by atoms with Gasteiger partial charge in [0.25, 0.3) is 0 Å². The van der Waals surface area contributed by atoms with Crippen molar-refractivity contribution in [3.8, 4) is 5.75 Å². The molecule has 3 atom stereocenters. The molecule has 0 saturated carbocycles. The molecule has 1 aromatic heterocycles. The number of hydrogen-bond donors (Lipinski definition) is 0. The number of aromatic nitrogens is 2. The van der Waals surface area contributed by atoms with Gasteiger partial charge in [0.15, 0.2) is 0 Å². The quantitative estimate of drug-likeness (QED) is 0.181. The normalized spacial score (nSPS) is 17.4. The maximum atomic E-state index is 13.4. The lowest BCUT2D eigenvalue weighted by molar-refractivity contribution is -0.151. The zero-order valence-corrected chi connectivity index (χ0v) is 22.7. The highest BCUT2D eigenvalue weighted by atomic mass is 79.9. The third-order valence-electron chi connectivity index (χ3n) is 7.41. The van der Waals surface area contributed by atoms with Crippen LogP contribution in [0.4, 0.5) is 0 Å². The number of nitrogens with zero attached hydrogens (tertiary/aromatic N) is 2. The molecule has 0 N–H and O–H groups in total. The number of benzene rings is 4. The predicted octanol–water partition coefficient (Wildman–Crippen LogP) is 6.18. The first kappa shape index (κ1) is 24.5. The second-order valence-electron chi connectivity index (χ2n) is 9.75. The summed E-state index contributed by atoms with van der Waals surface area (Å²) in [6, 6.07) is 27.6.